The summed E-state index contributed by atoms with van der Waals surface area (Å²) in [5.74, 6) is 0.591. The van der Waals surface area contributed by atoms with Crippen molar-refractivity contribution in [2.24, 2.45) is 0 Å². The molecule has 0 radical (unpaired) electrons. The van der Waals surface area contributed by atoms with Crippen molar-refractivity contribution >= 4 is 32.6 Å². The first-order chi connectivity index (χ1) is 13.0. The standard InChI is InChI=1S/C22H25N3OS/c1-15(2)18-5-4-6-19-20(18)23-22(27-19)25-13-11-24(12-14-25)21(26)17-9-7-16(3)8-10-17/h4-10,15H,11-14H2,1-3H3. The number of aryl methyl sites for hydroxylation is 1. The number of piperazine rings is 1. The van der Waals surface area contributed by atoms with Gasteiger partial charge in [-0.25, -0.2) is 4.98 Å². The highest BCUT2D eigenvalue weighted by atomic mass is 32.1. The van der Waals surface area contributed by atoms with Gasteiger partial charge >= 0.3 is 0 Å². The Morgan fingerprint density at radius 1 is 1.04 bits per heavy atom. The van der Waals surface area contributed by atoms with Crippen molar-refractivity contribution < 1.29 is 4.79 Å². The van der Waals surface area contributed by atoms with Crippen LogP contribution >= 0.6 is 11.3 Å². The molecule has 0 unspecified atom stereocenters. The number of amides is 1. The molecule has 5 heteroatoms. The number of fused-ring (bicyclic) bond motifs is 1. The van der Waals surface area contributed by atoms with Gasteiger partial charge in [0, 0.05) is 31.7 Å². The van der Waals surface area contributed by atoms with Gasteiger partial charge in [0.15, 0.2) is 5.13 Å². The van der Waals surface area contributed by atoms with Crippen LogP contribution in [0.15, 0.2) is 42.5 Å². The first-order valence-corrected chi connectivity index (χ1v) is 10.3. The summed E-state index contributed by atoms with van der Waals surface area (Å²) < 4.78 is 1.24. The second-order valence-electron chi connectivity index (χ2n) is 7.49. The minimum absolute atomic E-state index is 0.126. The number of nitrogens with zero attached hydrogens (tertiary/aromatic N) is 3. The lowest BCUT2D eigenvalue weighted by atomic mass is 10.0. The highest BCUT2D eigenvalue weighted by Crippen LogP contribution is 2.33. The van der Waals surface area contributed by atoms with Gasteiger partial charge in [-0.05, 0) is 36.6 Å². The van der Waals surface area contributed by atoms with Crippen LogP contribution in [0.2, 0.25) is 0 Å². The van der Waals surface area contributed by atoms with Gasteiger partial charge in [-0.15, -0.1) is 0 Å². The third-order valence-electron chi connectivity index (χ3n) is 5.20. The third-order valence-corrected chi connectivity index (χ3v) is 6.28. The summed E-state index contributed by atoms with van der Waals surface area (Å²) in [6.07, 6.45) is 0. The molecule has 0 aliphatic carbocycles. The summed E-state index contributed by atoms with van der Waals surface area (Å²) in [4.78, 5) is 21.9. The van der Waals surface area contributed by atoms with Crippen LogP contribution in [0.3, 0.4) is 0 Å². The Morgan fingerprint density at radius 3 is 2.41 bits per heavy atom. The number of hydrogen-bond acceptors (Lipinski definition) is 4. The number of carbonyl (C=O) groups is 1. The molecule has 4 nitrogen and oxygen atoms in total. The lowest BCUT2D eigenvalue weighted by Gasteiger charge is -2.34. The van der Waals surface area contributed by atoms with Gasteiger partial charge in [0.25, 0.3) is 5.91 Å². The van der Waals surface area contributed by atoms with Crippen LogP contribution in [0, 0.1) is 6.92 Å². The first kappa shape index (κ1) is 18.0. The van der Waals surface area contributed by atoms with Gasteiger partial charge in [-0.1, -0.05) is 55.0 Å². The lowest BCUT2D eigenvalue weighted by molar-refractivity contribution is 0.0747. The van der Waals surface area contributed by atoms with Crippen molar-refractivity contribution in [1.82, 2.24) is 9.88 Å². The van der Waals surface area contributed by atoms with E-state index < -0.39 is 0 Å². The van der Waals surface area contributed by atoms with Crippen molar-refractivity contribution in [1.29, 1.82) is 0 Å². The maximum absolute atomic E-state index is 12.7. The minimum atomic E-state index is 0.126. The van der Waals surface area contributed by atoms with Gasteiger partial charge in [0.2, 0.25) is 0 Å². The number of aromatic nitrogens is 1. The largest absolute Gasteiger partial charge is 0.345 e. The Morgan fingerprint density at radius 2 is 1.74 bits per heavy atom. The normalized spacial score (nSPS) is 15.0. The van der Waals surface area contributed by atoms with Crippen LogP contribution in [0.4, 0.5) is 5.13 Å². The molecule has 0 bridgehead atoms. The maximum Gasteiger partial charge on any atom is 0.253 e. The number of hydrogen-bond donors (Lipinski definition) is 0. The molecule has 140 valence electrons. The molecule has 0 atom stereocenters. The number of thiazole rings is 1. The number of anilines is 1. The maximum atomic E-state index is 12.7. The fraction of sp³-hybridized carbons (Fsp3) is 0.364. The van der Waals surface area contributed by atoms with Crippen LogP contribution in [0.25, 0.3) is 10.2 Å². The fourth-order valence-corrected chi connectivity index (χ4v) is 4.59. The Hall–Kier alpha value is -2.40. The van der Waals surface area contributed by atoms with E-state index in [1.165, 1.54) is 15.8 Å². The molecule has 3 aromatic rings. The second kappa shape index (κ2) is 7.31. The Balaban J connectivity index is 1.48. The van der Waals surface area contributed by atoms with E-state index in [2.05, 4.69) is 36.9 Å². The van der Waals surface area contributed by atoms with Gasteiger partial charge in [-0.3, -0.25) is 4.79 Å². The molecule has 1 aliphatic rings. The topological polar surface area (TPSA) is 36.4 Å². The Labute approximate surface area is 164 Å². The van der Waals surface area contributed by atoms with Crippen LogP contribution < -0.4 is 4.90 Å². The van der Waals surface area contributed by atoms with Crippen molar-refractivity contribution in [2.75, 3.05) is 31.1 Å². The molecule has 4 rings (SSSR count). The average Bonchev–Trinajstić information content (AvgIpc) is 3.12. The molecule has 1 fully saturated rings. The van der Waals surface area contributed by atoms with Gasteiger partial charge in [0.05, 0.1) is 10.2 Å². The van der Waals surface area contributed by atoms with E-state index in [1.807, 2.05) is 36.1 Å². The zero-order chi connectivity index (χ0) is 19.0. The minimum Gasteiger partial charge on any atom is -0.345 e. The van der Waals surface area contributed by atoms with Crippen molar-refractivity contribution in [3.63, 3.8) is 0 Å². The number of para-hydroxylation sites is 1. The molecular formula is C22H25N3OS. The summed E-state index contributed by atoms with van der Waals surface area (Å²) >= 11 is 1.75. The van der Waals surface area contributed by atoms with E-state index in [1.54, 1.807) is 11.3 Å². The molecule has 1 saturated heterocycles. The highest BCUT2D eigenvalue weighted by molar-refractivity contribution is 7.22. The zero-order valence-corrected chi connectivity index (χ0v) is 16.9. The quantitative estimate of drug-likeness (QED) is 0.662. The predicted octanol–water partition coefficient (Wildman–Crippen LogP) is 4.69. The molecule has 0 saturated carbocycles. The van der Waals surface area contributed by atoms with Crippen molar-refractivity contribution in [3.05, 3.63) is 59.2 Å². The number of rotatable bonds is 3. The summed E-state index contributed by atoms with van der Waals surface area (Å²) in [7, 11) is 0. The molecule has 2 heterocycles. The number of carbonyl (C=O) groups excluding carboxylic acids is 1. The number of benzene rings is 2. The Kier molecular flexibility index (Phi) is 4.87. The van der Waals surface area contributed by atoms with Crippen LogP contribution in [-0.4, -0.2) is 42.0 Å². The Bertz CT molecular complexity index is 953. The summed E-state index contributed by atoms with van der Waals surface area (Å²) in [5.41, 5.74) is 4.39. The van der Waals surface area contributed by atoms with E-state index in [0.717, 1.165) is 42.4 Å². The third kappa shape index (κ3) is 3.56. The average molecular weight is 380 g/mol. The van der Waals surface area contributed by atoms with Crippen LogP contribution in [-0.2, 0) is 0 Å². The lowest BCUT2D eigenvalue weighted by Crippen LogP contribution is -2.48. The molecule has 1 amide bonds. The van der Waals surface area contributed by atoms with Crippen LogP contribution in [0.1, 0.15) is 41.3 Å². The summed E-state index contributed by atoms with van der Waals surface area (Å²) in [5, 5.41) is 1.07. The van der Waals surface area contributed by atoms with Crippen molar-refractivity contribution in [2.45, 2.75) is 26.7 Å². The first-order valence-electron chi connectivity index (χ1n) is 9.53. The van der Waals surface area contributed by atoms with Gasteiger partial charge in [-0.2, -0.15) is 0 Å². The van der Waals surface area contributed by atoms with E-state index in [4.69, 9.17) is 4.98 Å². The molecule has 27 heavy (non-hydrogen) atoms. The molecular weight excluding hydrogens is 354 g/mol. The van der Waals surface area contributed by atoms with Gasteiger partial charge < -0.3 is 9.80 Å². The molecule has 1 aromatic heterocycles. The monoisotopic (exact) mass is 379 g/mol. The van der Waals surface area contributed by atoms with E-state index in [-0.39, 0.29) is 5.91 Å². The SMILES string of the molecule is Cc1ccc(C(=O)N2CCN(c3nc4c(C(C)C)cccc4s3)CC2)cc1. The van der Waals surface area contributed by atoms with Gasteiger partial charge in [0.1, 0.15) is 0 Å². The second-order valence-corrected chi connectivity index (χ2v) is 8.50. The summed E-state index contributed by atoms with van der Waals surface area (Å²) in [6.45, 7) is 9.59. The van der Waals surface area contributed by atoms with Crippen LogP contribution in [0.5, 0.6) is 0 Å². The van der Waals surface area contributed by atoms with Crippen molar-refractivity contribution in [3.8, 4) is 0 Å². The van der Waals surface area contributed by atoms with E-state index in [9.17, 15) is 4.79 Å². The summed E-state index contributed by atoms with van der Waals surface area (Å²) in [6, 6.07) is 14.3. The smallest absolute Gasteiger partial charge is 0.253 e. The predicted molar refractivity (Wildman–Crippen MR) is 113 cm³/mol. The molecule has 0 spiro atoms. The molecule has 1 aliphatic heterocycles. The highest BCUT2D eigenvalue weighted by Gasteiger charge is 2.24. The molecule has 2 aromatic carbocycles. The van der Waals surface area contributed by atoms with E-state index >= 15 is 0 Å². The molecule has 0 N–H and O–H groups in total. The van der Waals surface area contributed by atoms with E-state index in [0.29, 0.717) is 5.92 Å². The zero-order valence-electron chi connectivity index (χ0n) is 16.1. The fourth-order valence-electron chi connectivity index (χ4n) is 3.54.